The molecule has 0 spiro atoms. The van der Waals surface area contributed by atoms with Crippen LogP contribution in [0.25, 0.3) is 11.1 Å². The van der Waals surface area contributed by atoms with Crippen molar-refractivity contribution >= 4 is 30.9 Å². The number of fused-ring (bicyclic) bond motifs is 3. The number of hydrogen-bond acceptors (Lipinski definition) is 3. The normalized spacial score (nSPS) is 12.8. The van der Waals surface area contributed by atoms with Crippen LogP contribution in [0.4, 0.5) is 4.79 Å². The van der Waals surface area contributed by atoms with E-state index in [9.17, 15) is 14.7 Å². The summed E-state index contributed by atoms with van der Waals surface area (Å²) in [6, 6.07) is 24.6. The van der Waals surface area contributed by atoms with Crippen molar-refractivity contribution in [2.24, 2.45) is 0 Å². The Hall–Kier alpha value is -3.00. The Balaban J connectivity index is 0.00000256. The van der Waals surface area contributed by atoms with Crippen LogP contribution in [0.3, 0.4) is 0 Å². The molecule has 0 radical (unpaired) electrons. The molecule has 2 N–H and O–H groups in total. The van der Waals surface area contributed by atoms with Gasteiger partial charge in [0.05, 0.1) is 12.5 Å². The van der Waals surface area contributed by atoms with E-state index in [2.05, 4.69) is 29.6 Å². The van der Waals surface area contributed by atoms with Crippen LogP contribution in [0.2, 0.25) is 0 Å². The maximum absolute atomic E-state index is 12.5. The van der Waals surface area contributed by atoms with Crippen molar-refractivity contribution in [3.8, 4) is 11.1 Å². The number of carbonyl (C=O) groups is 2. The van der Waals surface area contributed by atoms with Gasteiger partial charge in [-0.25, -0.2) is 4.79 Å². The van der Waals surface area contributed by atoms with Gasteiger partial charge in [-0.15, -0.1) is 0 Å². The molecule has 148 valence electrons. The van der Waals surface area contributed by atoms with Gasteiger partial charge in [0.1, 0.15) is 6.61 Å². The predicted octanol–water partition coefficient (Wildman–Crippen LogP) is 4.09. The van der Waals surface area contributed by atoms with Crippen LogP contribution in [-0.4, -0.2) is 42.6 Å². The van der Waals surface area contributed by atoms with Crippen molar-refractivity contribution in [1.82, 2.24) is 5.32 Å². The minimum absolute atomic E-state index is 0. The summed E-state index contributed by atoms with van der Waals surface area (Å²) in [5, 5.41) is 11.9. The molecule has 4 rings (SSSR count). The zero-order valence-electron chi connectivity index (χ0n) is 15.7. The number of aliphatic carboxylic acids is 1. The van der Waals surface area contributed by atoms with Gasteiger partial charge in [0.15, 0.2) is 0 Å². The van der Waals surface area contributed by atoms with E-state index >= 15 is 0 Å². The minimum atomic E-state index is -0.988. The molecule has 0 heterocycles. The molecule has 1 amide bonds. The zero-order chi connectivity index (χ0) is 20.2. The van der Waals surface area contributed by atoms with Gasteiger partial charge in [-0.05, 0) is 27.8 Å². The first-order valence-corrected chi connectivity index (χ1v) is 9.51. The fourth-order valence-electron chi connectivity index (χ4n) is 3.89. The Kier molecular flexibility index (Phi) is 6.99. The molecule has 0 aliphatic heterocycles. The topological polar surface area (TPSA) is 75.6 Å². The van der Waals surface area contributed by atoms with E-state index in [1.165, 1.54) is 0 Å². The van der Waals surface area contributed by atoms with Crippen LogP contribution in [0.1, 0.15) is 35.1 Å². The Morgan fingerprint density at radius 1 is 0.867 bits per heavy atom. The van der Waals surface area contributed by atoms with Crippen LogP contribution >= 0.6 is 0 Å². The summed E-state index contributed by atoms with van der Waals surface area (Å²) in [5.74, 6) is -1.03. The number of benzene rings is 3. The fraction of sp³-hybridized carbons (Fsp3) is 0.167. The van der Waals surface area contributed by atoms with Gasteiger partial charge in [-0.1, -0.05) is 78.9 Å². The van der Waals surface area contributed by atoms with Crippen molar-refractivity contribution in [2.75, 3.05) is 6.61 Å². The number of rotatable bonds is 6. The predicted molar refractivity (Wildman–Crippen MR) is 117 cm³/mol. The standard InChI is InChI=1S/C24H21NO4.Li.H/c26-23(27)14-22(16-8-2-1-3-9-16)25-24(28)29-15-21-19-12-6-4-10-17(19)18-11-5-7-13-20(18)21;;/h1-13,21-22H,14-15H2,(H,25,28)(H,26,27);;. The van der Waals surface area contributed by atoms with Gasteiger partial charge in [-0.2, -0.15) is 0 Å². The third-order valence-electron chi connectivity index (χ3n) is 5.22. The van der Waals surface area contributed by atoms with Gasteiger partial charge >= 0.3 is 30.9 Å². The molecule has 5 nitrogen and oxygen atoms in total. The molecule has 1 atom stereocenters. The van der Waals surface area contributed by atoms with Gasteiger partial charge in [0.2, 0.25) is 0 Å². The summed E-state index contributed by atoms with van der Waals surface area (Å²) in [4.78, 5) is 23.7. The Labute approximate surface area is 187 Å². The van der Waals surface area contributed by atoms with E-state index in [-0.39, 0.29) is 37.8 Å². The number of nitrogens with one attached hydrogen (secondary N) is 1. The number of ether oxygens (including phenoxy) is 1. The van der Waals surface area contributed by atoms with Crippen LogP contribution in [0.5, 0.6) is 0 Å². The molecule has 1 aliphatic carbocycles. The summed E-state index contributed by atoms with van der Waals surface area (Å²) in [6.07, 6.45) is -0.837. The number of alkyl carbamates (subject to hydrolysis) is 1. The van der Waals surface area contributed by atoms with E-state index in [1.807, 2.05) is 42.5 Å². The Morgan fingerprint density at radius 2 is 1.40 bits per heavy atom. The second-order valence-electron chi connectivity index (χ2n) is 7.03. The molecule has 1 aliphatic rings. The first-order valence-electron chi connectivity index (χ1n) is 9.51. The number of amides is 1. The van der Waals surface area contributed by atoms with Crippen LogP contribution in [0.15, 0.2) is 78.9 Å². The van der Waals surface area contributed by atoms with Crippen molar-refractivity contribution in [3.63, 3.8) is 0 Å². The number of carboxylic acids is 1. The quantitative estimate of drug-likeness (QED) is 0.617. The molecule has 30 heavy (non-hydrogen) atoms. The van der Waals surface area contributed by atoms with E-state index in [0.717, 1.165) is 27.8 Å². The SMILES string of the molecule is O=C(O)CC(NC(=O)OCC1c2ccccc2-c2ccccc21)c1ccccc1.[LiH]. The van der Waals surface area contributed by atoms with E-state index in [0.29, 0.717) is 0 Å². The van der Waals surface area contributed by atoms with Crippen LogP contribution < -0.4 is 5.32 Å². The molecule has 0 aromatic heterocycles. The molecular weight excluding hydrogens is 373 g/mol. The van der Waals surface area contributed by atoms with Crippen LogP contribution in [-0.2, 0) is 9.53 Å². The number of carbonyl (C=O) groups excluding carboxylic acids is 1. The average Bonchev–Trinajstić information content (AvgIpc) is 3.06. The molecule has 0 fully saturated rings. The second kappa shape index (κ2) is 9.67. The summed E-state index contributed by atoms with van der Waals surface area (Å²) in [5.41, 5.74) is 5.30. The van der Waals surface area contributed by atoms with Gasteiger partial charge in [-0.3, -0.25) is 4.79 Å². The van der Waals surface area contributed by atoms with E-state index in [1.54, 1.807) is 12.1 Å². The first-order chi connectivity index (χ1) is 14.1. The maximum atomic E-state index is 12.5. The summed E-state index contributed by atoms with van der Waals surface area (Å²) in [6.45, 7) is 0.189. The number of hydrogen-bond donors (Lipinski definition) is 2. The van der Waals surface area contributed by atoms with E-state index < -0.39 is 18.1 Å². The molecule has 0 saturated heterocycles. The van der Waals surface area contributed by atoms with E-state index in [4.69, 9.17) is 4.74 Å². The summed E-state index contributed by atoms with van der Waals surface area (Å²) >= 11 is 0. The van der Waals surface area contributed by atoms with Gasteiger partial charge in [0.25, 0.3) is 0 Å². The van der Waals surface area contributed by atoms with Crippen molar-refractivity contribution in [3.05, 3.63) is 95.6 Å². The number of carboxylic acid groups (broad SMARTS) is 1. The zero-order valence-corrected chi connectivity index (χ0v) is 15.7. The molecule has 0 saturated carbocycles. The molecule has 6 heteroatoms. The van der Waals surface area contributed by atoms with Crippen molar-refractivity contribution in [2.45, 2.75) is 18.4 Å². The first kappa shape index (κ1) is 21.7. The Morgan fingerprint density at radius 3 is 1.97 bits per heavy atom. The third kappa shape index (κ3) is 4.59. The van der Waals surface area contributed by atoms with Gasteiger partial charge < -0.3 is 15.2 Å². The Bertz CT molecular complexity index is 993. The molecule has 1 unspecified atom stereocenters. The van der Waals surface area contributed by atoms with Crippen LogP contribution in [0, 0.1) is 0 Å². The fourth-order valence-corrected chi connectivity index (χ4v) is 3.89. The summed E-state index contributed by atoms with van der Waals surface area (Å²) < 4.78 is 5.53. The summed E-state index contributed by atoms with van der Waals surface area (Å²) in [7, 11) is 0. The van der Waals surface area contributed by atoms with Gasteiger partial charge in [0, 0.05) is 5.92 Å². The third-order valence-corrected chi connectivity index (χ3v) is 5.22. The second-order valence-corrected chi connectivity index (χ2v) is 7.03. The molecule has 0 bridgehead atoms. The average molecular weight is 395 g/mol. The van der Waals surface area contributed by atoms with Crippen molar-refractivity contribution < 1.29 is 19.4 Å². The molecular formula is C24H22LiNO4. The molecule has 3 aromatic carbocycles. The monoisotopic (exact) mass is 395 g/mol. The molecule has 3 aromatic rings. The van der Waals surface area contributed by atoms with Crippen molar-refractivity contribution in [1.29, 1.82) is 0 Å².